The van der Waals surface area contributed by atoms with Gasteiger partial charge in [0.2, 0.25) is 0 Å². The molecule has 0 atom stereocenters. The maximum atomic E-state index is 15.1. The molecule has 14 heteroatoms. The van der Waals surface area contributed by atoms with Crippen LogP contribution in [0, 0.1) is 40.7 Å². The Kier molecular flexibility index (Phi) is 9.97. The summed E-state index contributed by atoms with van der Waals surface area (Å²) < 4.78 is 177. The molecule has 2 nitrogen and oxygen atoms in total. The fourth-order valence-corrected chi connectivity index (χ4v) is 4.42. The zero-order chi connectivity index (χ0) is 34.0. The van der Waals surface area contributed by atoms with Gasteiger partial charge in [-0.05, 0) is 59.9 Å². The summed E-state index contributed by atoms with van der Waals surface area (Å²) in [7, 11) is 0. The number of benzene rings is 4. The molecule has 4 rings (SSSR count). The monoisotopic (exact) mass is 664 g/mol. The van der Waals surface area contributed by atoms with Crippen LogP contribution >= 0.6 is 0 Å². The number of hydrogen-bond acceptors (Lipinski definition) is 2. The summed E-state index contributed by atoms with van der Waals surface area (Å²) in [5, 5.41) is 0. The standard InChI is InChI=1S/C32H20F12O2/c1-2-3-4-16-5-6-20(21(33)9-16)17-10-22(34)28(23(35)11-17)18-12-24(36)29(25(37)13-18)32(43,44)46-19-14-26(38)30(27(39)15-19)45-8-7-31(40,41)42/h5-15H,2-4H2,1H3. The van der Waals surface area contributed by atoms with Crippen molar-refractivity contribution in [1.82, 2.24) is 0 Å². The second kappa shape index (κ2) is 13.4. The fraction of sp³-hybridized carbons (Fsp3) is 0.188. The van der Waals surface area contributed by atoms with Gasteiger partial charge in [0.05, 0.1) is 17.9 Å². The number of halogens is 12. The van der Waals surface area contributed by atoms with Gasteiger partial charge in [0, 0.05) is 17.7 Å². The summed E-state index contributed by atoms with van der Waals surface area (Å²) in [6.07, 6.45) is -8.29. The van der Waals surface area contributed by atoms with Crippen molar-refractivity contribution < 1.29 is 62.2 Å². The van der Waals surface area contributed by atoms with Crippen LogP contribution in [0.3, 0.4) is 0 Å². The minimum Gasteiger partial charge on any atom is -0.459 e. The van der Waals surface area contributed by atoms with Crippen LogP contribution in [-0.4, -0.2) is 6.18 Å². The molecule has 0 fully saturated rings. The smallest absolute Gasteiger partial charge is 0.432 e. The Morgan fingerprint density at radius 2 is 1.22 bits per heavy atom. The zero-order valence-electron chi connectivity index (χ0n) is 23.3. The highest BCUT2D eigenvalue weighted by atomic mass is 19.4. The Morgan fingerprint density at radius 1 is 0.652 bits per heavy atom. The van der Waals surface area contributed by atoms with Crippen LogP contribution in [0.4, 0.5) is 52.7 Å². The molecule has 0 unspecified atom stereocenters. The van der Waals surface area contributed by atoms with Gasteiger partial charge < -0.3 is 9.47 Å². The highest BCUT2D eigenvalue weighted by molar-refractivity contribution is 5.72. The molecule has 0 amide bonds. The average Bonchev–Trinajstić information content (AvgIpc) is 2.91. The fourth-order valence-electron chi connectivity index (χ4n) is 4.42. The van der Waals surface area contributed by atoms with Crippen molar-refractivity contribution in [2.24, 2.45) is 0 Å². The maximum absolute atomic E-state index is 15.1. The normalized spacial score (nSPS) is 12.2. The lowest BCUT2D eigenvalue weighted by atomic mass is 9.96. The van der Waals surface area contributed by atoms with Crippen LogP contribution in [0.15, 0.2) is 66.9 Å². The third-order valence-corrected chi connectivity index (χ3v) is 6.49. The molecule has 0 bridgehead atoms. The van der Waals surface area contributed by atoms with Crippen LogP contribution in [-0.2, 0) is 12.5 Å². The van der Waals surface area contributed by atoms with E-state index >= 15 is 8.78 Å². The first-order valence-electron chi connectivity index (χ1n) is 13.3. The number of allylic oxidation sites excluding steroid dienone is 1. The average molecular weight is 664 g/mol. The predicted molar refractivity (Wildman–Crippen MR) is 142 cm³/mol. The molecule has 0 aromatic heterocycles. The van der Waals surface area contributed by atoms with Crippen molar-refractivity contribution in [3.05, 3.63) is 119 Å². The van der Waals surface area contributed by atoms with Crippen LogP contribution in [0.2, 0.25) is 0 Å². The Hall–Kier alpha value is -4.62. The van der Waals surface area contributed by atoms with Gasteiger partial charge in [0.25, 0.3) is 0 Å². The third kappa shape index (κ3) is 7.77. The topological polar surface area (TPSA) is 18.5 Å². The summed E-state index contributed by atoms with van der Waals surface area (Å²) in [6.45, 7) is 1.94. The molecule has 0 aliphatic heterocycles. The summed E-state index contributed by atoms with van der Waals surface area (Å²) in [5.74, 6) is -14.1. The minimum absolute atomic E-state index is 0.0474. The van der Waals surface area contributed by atoms with Gasteiger partial charge >= 0.3 is 12.3 Å². The number of unbranched alkanes of at least 4 members (excludes halogenated alkanes) is 1. The van der Waals surface area contributed by atoms with Crippen LogP contribution in [0.5, 0.6) is 11.5 Å². The van der Waals surface area contributed by atoms with E-state index in [-0.39, 0.29) is 41.7 Å². The van der Waals surface area contributed by atoms with Gasteiger partial charge in [0.15, 0.2) is 17.4 Å². The molecule has 0 heterocycles. The Balaban J connectivity index is 1.62. The second-order valence-electron chi connectivity index (χ2n) is 9.84. The molecule has 244 valence electrons. The Morgan fingerprint density at radius 3 is 1.74 bits per heavy atom. The summed E-state index contributed by atoms with van der Waals surface area (Å²) in [5.41, 5.74) is -3.75. The van der Waals surface area contributed by atoms with Crippen molar-refractivity contribution in [2.75, 3.05) is 0 Å². The van der Waals surface area contributed by atoms with Crippen molar-refractivity contribution in [2.45, 2.75) is 38.5 Å². The molecule has 0 saturated carbocycles. The number of alkyl halides is 5. The molecule has 4 aromatic rings. The van der Waals surface area contributed by atoms with E-state index in [1.165, 1.54) is 12.1 Å². The molecule has 0 radical (unpaired) electrons. The van der Waals surface area contributed by atoms with Crippen molar-refractivity contribution in [3.8, 4) is 33.8 Å². The van der Waals surface area contributed by atoms with Gasteiger partial charge in [0.1, 0.15) is 40.4 Å². The molecule has 0 spiro atoms. The molecule has 0 aliphatic carbocycles. The van der Waals surface area contributed by atoms with E-state index in [1.807, 2.05) is 6.92 Å². The van der Waals surface area contributed by atoms with Gasteiger partial charge in [-0.2, -0.15) is 22.0 Å². The highest BCUT2D eigenvalue weighted by Crippen LogP contribution is 2.40. The lowest BCUT2D eigenvalue weighted by molar-refractivity contribution is -0.189. The molecule has 46 heavy (non-hydrogen) atoms. The minimum atomic E-state index is -4.98. The number of hydrogen-bond donors (Lipinski definition) is 0. The first-order valence-corrected chi connectivity index (χ1v) is 13.3. The van der Waals surface area contributed by atoms with E-state index < -0.39 is 87.3 Å². The van der Waals surface area contributed by atoms with Crippen LogP contribution < -0.4 is 9.47 Å². The van der Waals surface area contributed by atoms with Crippen LogP contribution in [0.25, 0.3) is 22.3 Å². The zero-order valence-corrected chi connectivity index (χ0v) is 23.3. The predicted octanol–water partition coefficient (Wildman–Crippen LogP) is 10.9. The first-order chi connectivity index (χ1) is 21.5. The lowest BCUT2D eigenvalue weighted by Gasteiger charge is -2.20. The first kappa shape index (κ1) is 34.3. The van der Waals surface area contributed by atoms with Gasteiger partial charge in [-0.1, -0.05) is 25.5 Å². The van der Waals surface area contributed by atoms with Crippen molar-refractivity contribution in [1.29, 1.82) is 0 Å². The Bertz CT molecular complexity index is 1710. The summed E-state index contributed by atoms with van der Waals surface area (Å²) >= 11 is 0. The summed E-state index contributed by atoms with van der Waals surface area (Å²) in [4.78, 5) is 0. The molecule has 0 saturated heterocycles. The molecule has 0 N–H and O–H groups in total. The van der Waals surface area contributed by atoms with E-state index in [0.717, 1.165) is 12.8 Å². The lowest BCUT2D eigenvalue weighted by Crippen LogP contribution is -2.25. The molecule has 0 aliphatic rings. The van der Waals surface area contributed by atoms with Crippen LogP contribution in [0.1, 0.15) is 30.9 Å². The van der Waals surface area contributed by atoms with Gasteiger partial charge in [-0.25, -0.2) is 30.7 Å². The van der Waals surface area contributed by atoms with E-state index in [2.05, 4.69) is 9.47 Å². The summed E-state index contributed by atoms with van der Waals surface area (Å²) in [6, 6.07) is 5.89. The SMILES string of the molecule is CCCCc1ccc(-c2cc(F)c(-c3cc(F)c(C(F)(F)Oc4cc(F)c(OC=CC(F)(F)F)c(F)c4)c(F)c3)c(F)c2)c(F)c1. The molecule has 4 aromatic carbocycles. The van der Waals surface area contributed by atoms with E-state index in [1.54, 1.807) is 6.07 Å². The number of ether oxygens (including phenoxy) is 2. The van der Waals surface area contributed by atoms with E-state index in [9.17, 15) is 43.9 Å². The van der Waals surface area contributed by atoms with Crippen molar-refractivity contribution >= 4 is 0 Å². The maximum Gasteiger partial charge on any atom is 0.432 e. The molecular weight excluding hydrogens is 644 g/mol. The molecular formula is C32H20F12O2. The Labute approximate surface area is 253 Å². The number of aryl methyl sites for hydroxylation is 1. The van der Waals surface area contributed by atoms with E-state index in [4.69, 9.17) is 0 Å². The van der Waals surface area contributed by atoms with Crippen molar-refractivity contribution in [3.63, 3.8) is 0 Å². The van der Waals surface area contributed by atoms with E-state index in [0.29, 0.717) is 24.1 Å². The highest BCUT2D eigenvalue weighted by Gasteiger charge is 2.42. The second-order valence-corrected chi connectivity index (χ2v) is 9.84. The van der Waals surface area contributed by atoms with Gasteiger partial charge in [-0.3, -0.25) is 0 Å². The third-order valence-electron chi connectivity index (χ3n) is 6.49. The van der Waals surface area contributed by atoms with Gasteiger partial charge in [-0.15, -0.1) is 0 Å². The quantitative estimate of drug-likeness (QED) is 0.124. The largest absolute Gasteiger partial charge is 0.459 e. The number of rotatable bonds is 10.